The molecular formula is C23H42N2O7PSi+. The number of ether oxygens (including phenoxy) is 3. The maximum Gasteiger partial charge on any atom is 0.504 e. The Balaban J connectivity index is 1.69. The van der Waals surface area contributed by atoms with E-state index in [1.165, 1.54) is 0 Å². The molecule has 1 aromatic heterocycles. The van der Waals surface area contributed by atoms with Gasteiger partial charge in [0.25, 0.3) is 0 Å². The van der Waals surface area contributed by atoms with Crippen molar-refractivity contribution in [2.75, 3.05) is 26.2 Å². The van der Waals surface area contributed by atoms with Crippen molar-refractivity contribution in [3.63, 3.8) is 0 Å². The van der Waals surface area contributed by atoms with Crippen molar-refractivity contribution < 1.29 is 36.8 Å². The maximum absolute atomic E-state index is 12.7. The van der Waals surface area contributed by atoms with E-state index < -0.39 is 15.9 Å². The topological polar surface area (TPSA) is 89.2 Å². The fraction of sp³-hybridized carbons (Fsp3) is 0.826. The van der Waals surface area contributed by atoms with Crippen LogP contribution in [-0.4, -0.2) is 51.7 Å². The van der Waals surface area contributed by atoms with E-state index in [9.17, 15) is 4.57 Å². The van der Waals surface area contributed by atoms with Crippen molar-refractivity contribution in [1.82, 2.24) is 4.98 Å². The third kappa shape index (κ3) is 5.68. The van der Waals surface area contributed by atoms with Crippen LogP contribution in [0, 0.1) is 12.8 Å². The van der Waals surface area contributed by atoms with E-state index in [2.05, 4.69) is 45.8 Å². The predicted octanol–water partition coefficient (Wildman–Crippen LogP) is 4.99. The van der Waals surface area contributed by atoms with Crippen LogP contribution < -0.4 is 14.0 Å². The third-order valence-corrected chi connectivity index (χ3v) is 13.8. The second-order valence-electron chi connectivity index (χ2n) is 10.4. The molecule has 11 heteroatoms. The standard InChI is InChI=1S/C23H42N2O7PSi/c1-10-28-33(26,29-11-2)15-27-21-17(5)13-25-20-12-18(32-22(25)24-21)19(31-20)14-30-34(8,9)23(6,7)16(3)4/h13,16,18-20H,10-12,14-15H2,1-9H3/q+1/t18-,19-,20-/m1/s1. The van der Waals surface area contributed by atoms with Crippen LogP contribution in [0.3, 0.4) is 0 Å². The molecule has 0 aromatic carbocycles. The van der Waals surface area contributed by atoms with Gasteiger partial charge in [0.15, 0.2) is 14.7 Å². The largest absolute Gasteiger partial charge is 0.504 e. The summed E-state index contributed by atoms with van der Waals surface area (Å²) in [5.41, 5.74) is 0.779. The number of hydrogen-bond donors (Lipinski definition) is 0. The van der Waals surface area contributed by atoms with Gasteiger partial charge in [-0.25, -0.2) is 0 Å². The van der Waals surface area contributed by atoms with Gasteiger partial charge < -0.3 is 27.7 Å². The van der Waals surface area contributed by atoms with Crippen molar-refractivity contribution >= 4 is 15.9 Å². The fourth-order valence-electron chi connectivity index (χ4n) is 4.09. The SMILES string of the molecule is CCOP(=O)(COc1nc2[n+](cc1C)[C@H]1C[C@@H](O2)[C@@H](CO[Si](C)(C)C(C)(C)C(C)C)O1)OCC. The summed E-state index contributed by atoms with van der Waals surface area (Å²) in [6, 6.07) is 0.422. The summed E-state index contributed by atoms with van der Waals surface area (Å²) in [6.45, 7) is 20.1. The average Bonchev–Trinajstić information content (AvgIpc) is 3.09. The Kier molecular flexibility index (Phi) is 8.53. The number of aryl methyl sites for hydroxylation is 1. The molecule has 0 radical (unpaired) electrons. The molecule has 0 saturated carbocycles. The van der Waals surface area contributed by atoms with Gasteiger partial charge in [0.1, 0.15) is 18.4 Å². The van der Waals surface area contributed by atoms with E-state index in [0.717, 1.165) is 12.0 Å². The Labute approximate surface area is 205 Å². The van der Waals surface area contributed by atoms with Crippen LogP contribution in [0.5, 0.6) is 11.9 Å². The minimum atomic E-state index is -3.35. The van der Waals surface area contributed by atoms with Crippen LogP contribution in [0.1, 0.15) is 59.8 Å². The second-order valence-corrected chi connectivity index (χ2v) is 17.0. The normalized spacial score (nSPS) is 22.6. The molecule has 3 heterocycles. The Morgan fingerprint density at radius 3 is 2.50 bits per heavy atom. The molecule has 0 aliphatic carbocycles. The van der Waals surface area contributed by atoms with E-state index in [0.29, 0.717) is 24.4 Å². The van der Waals surface area contributed by atoms with Crippen molar-refractivity contribution in [3.8, 4) is 11.9 Å². The van der Waals surface area contributed by atoms with E-state index in [4.69, 9.17) is 27.7 Å². The molecule has 34 heavy (non-hydrogen) atoms. The second kappa shape index (κ2) is 10.5. The van der Waals surface area contributed by atoms with Crippen LogP contribution in [0.2, 0.25) is 18.1 Å². The highest BCUT2D eigenvalue weighted by atomic mass is 31.2. The first-order valence-corrected chi connectivity index (χ1v) is 16.9. The summed E-state index contributed by atoms with van der Waals surface area (Å²) in [4.78, 5) is 4.56. The van der Waals surface area contributed by atoms with Gasteiger partial charge in [-0.15, -0.1) is 0 Å². The first-order chi connectivity index (χ1) is 15.8. The highest BCUT2D eigenvalue weighted by Gasteiger charge is 2.50. The minimum absolute atomic E-state index is 0.132. The molecule has 1 saturated heterocycles. The average molecular weight is 518 g/mol. The lowest BCUT2D eigenvalue weighted by Gasteiger charge is -2.43. The van der Waals surface area contributed by atoms with Gasteiger partial charge >= 0.3 is 19.5 Å². The minimum Gasteiger partial charge on any atom is -0.446 e. The molecule has 9 nitrogen and oxygen atoms in total. The zero-order chi connectivity index (χ0) is 25.3. The van der Waals surface area contributed by atoms with Gasteiger partial charge in [-0.2, -0.15) is 4.57 Å². The Morgan fingerprint density at radius 1 is 1.26 bits per heavy atom. The highest BCUT2D eigenvalue weighted by Crippen LogP contribution is 2.48. The monoisotopic (exact) mass is 517 g/mol. The molecule has 0 N–H and O–H groups in total. The van der Waals surface area contributed by atoms with Crippen LogP contribution in [0.25, 0.3) is 0 Å². The molecule has 2 aliphatic heterocycles. The maximum atomic E-state index is 12.7. The first-order valence-electron chi connectivity index (χ1n) is 12.2. The summed E-state index contributed by atoms with van der Waals surface area (Å²) in [7, 11) is -5.32. The number of hydrogen-bond acceptors (Lipinski definition) is 8. The molecule has 3 atom stereocenters. The summed E-state index contributed by atoms with van der Waals surface area (Å²) < 4.78 is 50.1. The van der Waals surface area contributed by atoms with Gasteiger partial charge in [-0.1, -0.05) is 27.7 Å². The quantitative estimate of drug-likeness (QED) is 0.218. The van der Waals surface area contributed by atoms with Crippen LogP contribution in [0.15, 0.2) is 6.20 Å². The smallest absolute Gasteiger partial charge is 0.446 e. The lowest BCUT2D eigenvalue weighted by atomic mass is 9.99. The molecule has 1 aromatic rings. The molecule has 194 valence electrons. The van der Waals surface area contributed by atoms with Crippen LogP contribution in [-0.2, 0) is 22.8 Å². The first kappa shape index (κ1) is 27.6. The van der Waals surface area contributed by atoms with Gasteiger partial charge in [-0.05, 0) is 44.8 Å². The highest BCUT2D eigenvalue weighted by molar-refractivity contribution is 7.53. The summed E-state index contributed by atoms with van der Waals surface area (Å²) >= 11 is 0. The van der Waals surface area contributed by atoms with E-state index in [-0.39, 0.29) is 43.0 Å². The van der Waals surface area contributed by atoms with Crippen molar-refractivity contribution in [1.29, 1.82) is 0 Å². The summed E-state index contributed by atoms with van der Waals surface area (Å²) in [5.74, 6) is 0.868. The molecule has 1 fully saturated rings. The molecule has 0 unspecified atom stereocenters. The molecule has 2 aliphatic rings. The van der Waals surface area contributed by atoms with Crippen molar-refractivity contribution in [2.45, 2.75) is 91.5 Å². The van der Waals surface area contributed by atoms with Crippen LogP contribution >= 0.6 is 7.60 Å². The lowest BCUT2D eigenvalue weighted by molar-refractivity contribution is -0.769. The molecule has 0 spiro atoms. The van der Waals surface area contributed by atoms with E-state index in [1.54, 1.807) is 13.8 Å². The Morgan fingerprint density at radius 2 is 1.91 bits per heavy atom. The zero-order valence-electron chi connectivity index (χ0n) is 22.1. The predicted molar refractivity (Wildman–Crippen MR) is 131 cm³/mol. The number of aromatic nitrogens is 2. The Hall–Kier alpha value is -1.03. The lowest BCUT2D eigenvalue weighted by Crippen LogP contribution is -2.48. The molecule has 3 rings (SSSR count). The third-order valence-electron chi connectivity index (χ3n) is 7.45. The number of nitrogens with zero attached hydrogens (tertiary/aromatic N) is 2. The number of fused-ring (bicyclic) bond motifs is 4. The molecular weight excluding hydrogens is 475 g/mol. The van der Waals surface area contributed by atoms with Gasteiger partial charge in [0, 0.05) is 4.98 Å². The van der Waals surface area contributed by atoms with E-state index in [1.807, 2.05) is 17.7 Å². The zero-order valence-corrected chi connectivity index (χ0v) is 24.0. The molecule has 0 amide bonds. The van der Waals surface area contributed by atoms with Crippen LogP contribution in [0.4, 0.5) is 0 Å². The fourth-order valence-corrected chi connectivity index (χ4v) is 7.72. The number of rotatable bonds is 12. The van der Waals surface area contributed by atoms with Gasteiger partial charge in [-0.3, -0.25) is 4.57 Å². The van der Waals surface area contributed by atoms with Crippen molar-refractivity contribution in [3.05, 3.63) is 11.8 Å². The Bertz CT molecular complexity index is 902. The van der Waals surface area contributed by atoms with Crippen molar-refractivity contribution in [2.24, 2.45) is 5.92 Å². The molecule has 2 bridgehead atoms. The van der Waals surface area contributed by atoms with E-state index >= 15 is 0 Å². The summed E-state index contributed by atoms with van der Waals surface area (Å²) in [6.07, 6.45) is 1.96. The van der Waals surface area contributed by atoms with Gasteiger partial charge in [0.2, 0.25) is 6.23 Å². The summed E-state index contributed by atoms with van der Waals surface area (Å²) in [5, 5.41) is 0.132. The van der Waals surface area contributed by atoms with Gasteiger partial charge in [0.05, 0.1) is 31.8 Å².